The Hall–Kier alpha value is -6.16. The van der Waals surface area contributed by atoms with Gasteiger partial charge < -0.3 is 49.7 Å². The predicted octanol–water partition coefficient (Wildman–Crippen LogP) is 7.60. The Bertz CT molecular complexity index is 2580. The number of aromatic nitrogens is 4. The van der Waals surface area contributed by atoms with E-state index in [1.54, 1.807) is 4.90 Å². The first-order valence-electron chi connectivity index (χ1n) is 22.2. The number of ether oxygens (including phenoxy) is 3. The molecule has 9 rings (SSSR count). The highest BCUT2D eigenvalue weighted by molar-refractivity contribution is 6.07. The van der Waals surface area contributed by atoms with Gasteiger partial charge in [0.25, 0.3) is 0 Å². The number of hydrogen-bond acceptors (Lipinski definition) is 9. The van der Waals surface area contributed by atoms with Crippen molar-refractivity contribution in [2.45, 2.75) is 122 Å². The molecular formula is C47H56N8O8. The molecule has 16 nitrogen and oxygen atoms in total. The smallest absolute Gasteiger partial charge is 0.407 e. The normalized spacial score (nSPS) is 24.2. The number of hydrogen-bond donors (Lipinski definition) is 5. The standard InChI is InChI=1S/C47H56N8O8/c1-23(2)39(52-46(58)59)45(57)55-24(3)9-14-37(55)43-49-34-13-11-27-19-33-31-12-10-28(18-30(31)22-62-38(33)20-32(27)41(34)51-43)35-21-48-42(50-35)36-8-7-15-54(36)44(56)40(53-47(60)61-6)29-16-25(4)63-26(5)17-29/h10-13,18-21,23-26,29,36-37,39-40,52H,7-9,14-17,22H2,1-6H3,(H,48,50)(H,49,51)(H,53,60)(H,58,59)/t24-,25+,26+,36-,37-,39-,40-/m0/s1. The number of carboxylic acid groups (broad SMARTS) is 1. The van der Waals surface area contributed by atoms with E-state index in [9.17, 15) is 24.3 Å². The topological polar surface area (TPSA) is 204 Å². The quantitative estimate of drug-likeness (QED) is 0.0982. The molecule has 332 valence electrons. The van der Waals surface area contributed by atoms with Gasteiger partial charge in [0.1, 0.15) is 36.1 Å². The summed E-state index contributed by atoms with van der Waals surface area (Å²) in [6, 6.07) is 12.3. The summed E-state index contributed by atoms with van der Waals surface area (Å²) in [4.78, 5) is 72.6. The van der Waals surface area contributed by atoms with Crippen LogP contribution < -0.4 is 15.4 Å². The molecule has 0 aliphatic carbocycles. The number of imidazole rings is 2. The number of likely N-dealkylation sites (tertiary alicyclic amines) is 2. The van der Waals surface area contributed by atoms with Gasteiger partial charge in [-0.3, -0.25) is 9.59 Å². The SMILES string of the molecule is COC(=O)N[C@H](C(=O)N1CCC[C@H]1c1ncc(-c2ccc3c(c2)COc2cc4c(ccc5nc([C@@H]6CC[C@H](C)N6C(=O)[C@@H](NC(=O)O)C(C)C)[nH]c54)cc2-3)[nH]1)C1C[C@@H](C)O[C@H](C)C1. The van der Waals surface area contributed by atoms with Crippen LogP contribution in [-0.2, 0) is 25.7 Å². The molecule has 3 saturated heterocycles. The number of rotatable bonds is 9. The number of alkyl carbamates (subject to hydrolysis) is 1. The third kappa shape index (κ3) is 7.93. The van der Waals surface area contributed by atoms with Crippen LogP contribution in [-0.4, -0.2) is 103 Å². The lowest BCUT2D eigenvalue weighted by atomic mass is 9.85. The molecule has 4 amide bonds. The first-order chi connectivity index (χ1) is 30.3. The van der Waals surface area contributed by atoms with Crippen LogP contribution in [0.1, 0.15) is 102 Å². The average Bonchev–Trinajstić information content (AvgIpc) is 4.09. The number of nitrogens with one attached hydrogen (secondary N) is 4. The van der Waals surface area contributed by atoms with Gasteiger partial charge in [-0.05, 0) is 117 Å². The Morgan fingerprint density at radius 1 is 0.905 bits per heavy atom. The van der Waals surface area contributed by atoms with E-state index in [2.05, 4.69) is 57.0 Å². The second-order valence-electron chi connectivity index (χ2n) is 18.1. The minimum absolute atomic E-state index is 0.0259. The van der Waals surface area contributed by atoms with E-state index < -0.39 is 24.3 Å². The summed E-state index contributed by atoms with van der Waals surface area (Å²) >= 11 is 0. The van der Waals surface area contributed by atoms with E-state index in [4.69, 9.17) is 24.2 Å². The van der Waals surface area contributed by atoms with Crippen LogP contribution in [0.4, 0.5) is 9.59 Å². The molecule has 0 bridgehead atoms. The van der Waals surface area contributed by atoms with Crippen molar-refractivity contribution in [1.82, 2.24) is 40.4 Å². The number of benzene rings is 3. The summed E-state index contributed by atoms with van der Waals surface area (Å²) < 4.78 is 17.3. The summed E-state index contributed by atoms with van der Waals surface area (Å²) in [5, 5.41) is 16.7. The number of nitrogens with zero attached hydrogens (tertiary/aromatic N) is 4. The molecule has 5 N–H and O–H groups in total. The van der Waals surface area contributed by atoms with E-state index in [0.717, 1.165) is 74.8 Å². The van der Waals surface area contributed by atoms with Crippen molar-refractivity contribution in [2.24, 2.45) is 11.8 Å². The van der Waals surface area contributed by atoms with E-state index in [-0.39, 0.29) is 54.0 Å². The maximum absolute atomic E-state index is 14.3. The van der Waals surface area contributed by atoms with Crippen molar-refractivity contribution in [3.63, 3.8) is 0 Å². The number of carbonyl (C=O) groups is 4. The highest BCUT2D eigenvalue weighted by Crippen LogP contribution is 2.44. The van der Waals surface area contributed by atoms with Crippen molar-refractivity contribution >= 4 is 45.8 Å². The van der Waals surface area contributed by atoms with Gasteiger partial charge >= 0.3 is 12.2 Å². The summed E-state index contributed by atoms with van der Waals surface area (Å²) in [7, 11) is 1.31. The second-order valence-corrected chi connectivity index (χ2v) is 18.1. The minimum Gasteiger partial charge on any atom is -0.488 e. The summed E-state index contributed by atoms with van der Waals surface area (Å²) in [6.45, 7) is 10.6. The molecule has 4 aliphatic rings. The number of aromatic amines is 2. The maximum atomic E-state index is 14.3. The van der Waals surface area contributed by atoms with Gasteiger partial charge in [0, 0.05) is 23.5 Å². The lowest BCUT2D eigenvalue weighted by Gasteiger charge is -2.38. The van der Waals surface area contributed by atoms with Crippen molar-refractivity contribution in [1.29, 1.82) is 0 Å². The number of methoxy groups -OCH3 is 1. The lowest BCUT2D eigenvalue weighted by molar-refractivity contribution is -0.139. The molecule has 5 aromatic rings. The Labute approximate surface area is 365 Å². The van der Waals surface area contributed by atoms with Gasteiger partial charge in [0.05, 0.1) is 54.3 Å². The van der Waals surface area contributed by atoms with Crippen molar-refractivity contribution in [3.05, 3.63) is 65.9 Å². The van der Waals surface area contributed by atoms with Gasteiger partial charge in [-0.1, -0.05) is 32.0 Å². The summed E-state index contributed by atoms with van der Waals surface area (Å²) in [5.74, 6) is 1.46. The first-order valence-corrected chi connectivity index (χ1v) is 22.2. The number of fused-ring (bicyclic) bond motifs is 6. The average molecular weight is 861 g/mol. The molecular weight excluding hydrogens is 805 g/mol. The number of amides is 4. The Morgan fingerprint density at radius 2 is 1.70 bits per heavy atom. The number of carbonyl (C=O) groups excluding carboxylic acids is 3. The van der Waals surface area contributed by atoms with E-state index >= 15 is 0 Å². The Kier molecular flexibility index (Phi) is 11.3. The molecule has 4 aliphatic heterocycles. The van der Waals surface area contributed by atoms with Crippen LogP contribution in [0, 0.1) is 11.8 Å². The van der Waals surface area contributed by atoms with Crippen molar-refractivity contribution in [2.75, 3.05) is 13.7 Å². The van der Waals surface area contributed by atoms with Crippen LogP contribution >= 0.6 is 0 Å². The van der Waals surface area contributed by atoms with Gasteiger partial charge in [-0.25, -0.2) is 19.6 Å². The van der Waals surface area contributed by atoms with E-state index in [0.29, 0.717) is 44.1 Å². The van der Waals surface area contributed by atoms with Gasteiger partial charge in [-0.15, -0.1) is 0 Å². The van der Waals surface area contributed by atoms with Crippen LogP contribution in [0.5, 0.6) is 5.75 Å². The predicted molar refractivity (Wildman–Crippen MR) is 235 cm³/mol. The fourth-order valence-corrected chi connectivity index (χ4v) is 10.5. The Balaban J connectivity index is 0.953. The molecule has 63 heavy (non-hydrogen) atoms. The summed E-state index contributed by atoms with van der Waals surface area (Å²) in [6.07, 6.45) is 4.30. The van der Waals surface area contributed by atoms with Gasteiger partial charge in [-0.2, -0.15) is 0 Å². The molecule has 0 spiro atoms. The highest BCUT2D eigenvalue weighted by Gasteiger charge is 2.43. The minimum atomic E-state index is -1.22. The maximum Gasteiger partial charge on any atom is 0.407 e. The molecule has 0 radical (unpaired) electrons. The van der Waals surface area contributed by atoms with Gasteiger partial charge in [0.15, 0.2) is 0 Å². The fraction of sp³-hybridized carbons (Fsp3) is 0.489. The zero-order valence-corrected chi connectivity index (χ0v) is 36.6. The van der Waals surface area contributed by atoms with Crippen LogP contribution in [0.25, 0.3) is 44.2 Å². The van der Waals surface area contributed by atoms with Crippen molar-refractivity contribution < 1.29 is 38.5 Å². The molecule has 0 saturated carbocycles. The van der Waals surface area contributed by atoms with E-state index in [1.807, 2.05) is 51.8 Å². The molecule has 6 heterocycles. The van der Waals surface area contributed by atoms with Crippen LogP contribution in [0.2, 0.25) is 0 Å². The first kappa shape index (κ1) is 42.2. The molecule has 2 aromatic heterocycles. The van der Waals surface area contributed by atoms with E-state index in [1.165, 1.54) is 7.11 Å². The molecule has 7 atom stereocenters. The molecule has 3 fully saturated rings. The van der Waals surface area contributed by atoms with Crippen LogP contribution in [0.15, 0.2) is 48.7 Å². The largest absolute Gasteiger partial charge is 0.488 e. The molecule has 0 unspecified atom stereocenters. The third-order valence-corrected chi connectivity index (χ3v) is 13.5. The highest BCUT2D eigenvalue weighted by atomic mass is 16.5. The third-order valence-electron chi connectivity index (χ3n) is 13.5. The second kappa shape index (κ2) is 16.8. The number of H-pyrrole nitrogens is 2. The fourth-order valence-electron chi connectivity index (χ4n) is 10.5. The lowest BCUT2D eigenvalue weighted by Crippen LogP contribution is -2.54. The zero-order chi connectivity index (χ0) is 44.3. The van der Waals surface area contributed by atoms with Crippen LogP contribution in [0.3, 0.4) is 0 Å². The van der Waals surface area contributed by atoms with Crippen molar-refractivity contribution in [3.8, 4) is 28.1 Å². The molecule has 16 heteroatoms. The zero-order valence-electron chi connectivity index (χ0n) is 36.6. The molecule has 3 aromatic carbocycles. The Morgan fingerprint density at radius 3 is 2.44 bits per heavy atom. The monoisotopic (exact) mass is 860 g/mol. The van der Waals surface area contributed by atoms with Gasteiger partial charge in [0.2, 0.25) is 11.8 Å². The summed E-state index contributed by atoms with van der Waals surface area (Å²) in [5.41, 5.74) is 6.50.